The summed E-state index contributed by atoms with van der Waals surface area (Å²) >= 11 is 3.24. The molecular weight excluding hydrogens is 386 g/mol. The minimum absolute atomic E-state index is 0.273. The van der Waals surface area contributed by atoms with Crippen LogP contribution in [-0.2, 0) is 0 Å². The molecule has 3 aromatic heterocycles. The van der Waals surface area contributed by atoms with Crippen molar-refractivity contribution in [2.75, 3.05) is 11.1 Å². The van der Waals surface area contributed by atoms with Crippen LogP contribution in [0.4, 0.5) is 11.5 Å². The number of aromatic nitrogens is 3. The van der Waals surface area contributed by atoms with Crippen molar-refractivity contribution >= 4 is 39.0 Å². The van der Waals surface area contributed by atoms with Crippen LogP contribution in [0.3, 0.4) is 0 Å². The number of para-hydroxylation sites is 1. The zero-order valence-corrected chi connectivity index (χ0v) is 14.4. The van der Waals surface area contributed by atoms with E-state index in [1.54, 1.807) is 24.3 Å². The minimum Gasteiger partial charge on any atom is -0.446 e. The number of benzene rings is 1. The lowest BCUT2D eigenvalue weighted by Gasteiger charge is -2.06. The highest BCUT2D eigenvalue weighted by Gasteiger charge is 2.15. The molecule has 0 radical (unpaired) electrons. The maximum atomic E-state index is 12.4. The van der Waals surface area contributed by atoms with Crippen LogP contribution in [0.1, 0.15) is 10.4 Å². The largest absolute Gasteiger partial charge is 0.446 e. The van der Waals surface area contributed by atoms with Crippen LogP contribution < -0.4 is 11.1 Å². The van der Waals surface area contributed by atoms with Crippen LogP contribution in [0.15, 0.2) is 63.7 Å². The smallest absolute Gasteiger partial charge is 0.255 e. The molecule has 0 unspecified atom stereocenters. The molecule has 7 nitrogen and oxygen atoms in total. The lowest BCUT2D eigenvalue weighted by atomic mass is 10.2. The predicted molar refractivity (Wildman–Crippen MR) is 97.2 cm³/mol. The molecule has 124 valence electrons. The second-order valence-electron chi connectivity index (χ2n) is 5.30. The Morgan fingerprint density at radius 2 is 1.96 bits per heavy atom. The molecule has 1 aromatic carbocycles. The molecule has 3 heterocycles. The van der Waals surface area contributed by atoms with Gasteiger partial charge in [0, 0.05) is 11.3 Å². The van der Waals surface area contributed by atoms with E-state index in [1.807, 2.05) is 30.3 Å². The number of fused-ring (bicyclic) bond motifs is 1. The number of nitrogens with two attached hydrogens (primary N) is 1. The number of amides is 1. The number of nitrogens with one attached hydrogen (secondary N) is 1. The topological polar surface area (TPSA) is 98.5 Å². The number of pyridine rings is 1. The number of rotatable bonds is 3. The van der Waals surface area contributed by atoms with Gasteiger partial charge in [0.05, 0.1) is 0 Å². The molecule has 0 aliphatic rings. The highest BCUT2D eigenvalue weighted by atomic mass is 79.9. The first-order valence-electron chi connectivity index (χ1n) is 7.38. The van der Waals surface area contributed by atoms with Crippen molar-refractivity contribution in [3.8, 4) is 11.6 Å². The SMILES string of the molecule is Nc1cc(C(=O)Nc2ccccc2)cc2nc(-c3ccc(Br)o3)nn12. The van der Waals surface area contributed by atoms with Crippen molar-refractivity contribution in [1.82, 2.24) is 14.6 Å². The summed E-state index contributed by atoms with van der Waals surface area (Å²) in [5, 5.41) is 7.13. The average Bonchev–Trinajstić information content (AvgIpc) is 3.22. The normalized spacial score (nSPS) is 10.9. The monoisotopic (exact) mass is 397 g/mol. The molecule has 4 aromatic rings. The van der Waals surface area contributed by atoms with E-state index >= 15 is 0 Å². The Morgan fingerprint density at radius 3 is 2.68 bits per heavy atom. The maximum absolute atomic E-state index is 12.4. The van der Waals surface area contributed by atoms with Crippen molar-refractivity contribution in [3.05, 3.63) is 64.8 Å². The second-order valence-corrected chi connectivity index (χ2v) is 6.08. The van der Waals surface area contributed by atoms with Gasteiger partial charge in [0.25, 0.3) is 5.91 Å². The van der Waals surface area contributed by atoms with Crippen LogP contribution in [0.2, 0.25) is 0 Å². The van der Waals surface area contributed by atoms with E-state index in [2.05, 4.69) is 31.3 Å². The molecule has 0 atom stereocenters. The third kappa shape index (κ3) is 2.99. The van der Waals surface area contributed by atoms with E-state index in [4.69, 9.17) is 10.2 Å². The minimum atomic E-state index is -0.273. The summed E-state index contributed by atoms with van der Waals surface area (Å²) < 4.78 is 7.50. The molecule has 25 heavy (non-hydrogen) atoms. The molecular formula is C17H12BrN5O2. The summed E-state index contributed by atoms with van der Waals surface area (Å²) in [7, 11) is 0. The first kappa shape index (κ1) is 15.4. The summed E-state index contributed by atoms with van der Waals surface area (Å²) in [6.45, 7) is 0. The highest BCUT2D eigenvalue weighted by Crippen LogP contribution is 2.24. The first-order chi connectivity index (χ1) is 12.1. The number of furan rings is 1. The zero-order valence-electron chi connectivity index (χ0n) is 12.8. The fraction of sp³-hybridized carbons (Fsp3) is 0. The zero-order chi connectivity index (χ0) is 17.4. The van der Waals surface area contributed by atoms with Gasteiger partial charge in [-0.3, -0.25) is 4.79 Å². The van der Waals surface area contributed by atoms with Crippen molar-refractivity contribution in [2.24, 2.45) is 0 Å². The Balaban J connectivity index is 1.70. The number of hydrogen-bond acceptors (Lipinski definition) is 5. The molecule has 0 fully saturated rings. The molecule has 8 heteroatoms. The van der Waals surface area contributed by atoms with Crippen LogP contribution >= 0.6 is 15.9 Å². The van der Waals surface area contributed by atoms with Crippen LogP contribution in [0.5, 0.6) is 0 Å². The lowest BCUT2D eigenvalue weighted by Crippen LogP contribution is -2.13. The van der Waals surface area contributed by atoms with Crippen LogP contribution in [0, 0.1) is 0 Å². The van der Waals surface area contributed by atoms with E-state index in [-0.39, 0.29) is 5.91 Å². The number of carbonyl (C=O) groups excluding carboxylic acids is 1. The first-order valence-corrected chi connectivity index (χ1v) is 8.18. The lowest BCUT2D eigenvalue weighted by molar-refractivity contribution is 0.102. The quantitative estimate of drug-likeness (QED) is 0.550. The van der Waals surface area contributed by atoms with Gasteiger partial charge in [0.15, 0.2) is 16.1 Å². The predicted octanol–water partition coefficient (Wildman–Crippen LogP) is 3.59. The molecule has 0 bridgehead atoms. The van der Waals surface area contributed by atoms with Crippen molar-refractivity contribution in [2.45, 2.75) is 0 Å². The standard InChI is InChI=1S/C17H12BrN5O2/c18-13-7-6-12(25-13)16-21-15-9-10(8-14(19)23(15)22-16)17(24)20-11-4-2-1-3-5-11/h1-9H,19H2,(H,20,24). The van der Waals surface area contributed by atoms with E-state index in [0.29, 0.717) is 39.0 Å². The van der Waals surface area contributed by atoms with Gasteiger partial charge in [-0.05, 0) is 52.3 Å². The maximum Gasteiger partial charge on any atom is 0.255 e. The molecule has 0 saturated carbocycles. The van der Waals surface area contributed by atoms with Crippen LogP contribution in [0.25, 0.3) is 17.2 Å². The number of hydrogen-bond donors (Lipinski definition) is 2. The molecule has 0 saturated heterocycles. The van der Waals surface area contributed by atoms with Crippen molar-refractivity contribution in [1.29, 1.82) is 0 Å². The summed E-state index contributed by atoms with van der Waals surface area (Å²) in [6, 6.07) is 15.9. The third-order valence-electron chi connectivity index (χ3n) is 3.55. The second kappa shape index (κ2) is 6.06. The summed E-state index contributed by atoms with van der Waals surface area (Å²) in [6.07, 6.45) is 0. The fourth-order valence-electron chi connectivity index (χ4n) is 2.40. The van der Waals surface area contributed by atoms with E-state index < -0.39 is 0 Å². The molecule has 3 N–H and O–H groups in total. The highest BCUT2D eigenvalue weighted by molar-refractivity contribution is 9.10. The molecule has 4 rings (SSSR count). The van der Waals surface area contributed by atoms with Gasteiger partial charge < -0.3 is 15.5 Å². The van der Waals surface area contributed by atoms with Gasteiger partial charge in [-0.1, -0.05) is 18.2 Å². The summed E-state index contributed by atoms with van der Waals surface area (Å²) in [5.74, 6) is 0.925. The van der Waals surface area contributed by atoms with Gasteiger partial charge in [-0.15, -0.1) is 5.10 Å². The van der Waals surface area contributed by atoms with Gasteiger partial charge in [0.2, 0.25) is 5.82 Å². The third-order valence-corrected chi connectivity index (χ3v) is 3.98. The Bertz CT molecular complexity index is 1070. The van der Waals surface area contributed by atoms with Gasteiger partial charge in [-0.2, -0.15) is 4.52 Å². The molecule has 0 aliphatic carbocycles. The van der Waals surface area contributed by atoms with E-state index in [1.165, 1.54) is 4.52 Å². The fourth-order valence-corrected chi connectivity index (χ4v) is 2.71. The summed E-state index contributed by atoms with van der Waals surface area (Å²) in [5.41, 5.74) is 7.58. The Kier molecular flexibility index (Phi) is 3.73. The molecule has 0 spiro atoms. The van der Waals surface area contributed by atoms with Crippen molar-refractivity contribution in [3.63, 3.8) is 0 Å². The van der Waals surface area contributed by atoms with Crippen LogP contribution in [-0.4, -0.2) is 20.5 Å². The number of nitrogen functional groups attached to an aromatic ring is 1. The van der Waals surface area contributed by atoms with Gasteiger partial charge in [-0.25, -0.2) is 4.98 Å². The van der Waals surface area contributed by atoms with Gasteiger partial charge >= 0.3 is 0 Å². The van der Waals surface area contributed by atoms with Crippen molar-refractivity contribution < 1.29 is 9.21 Å². The Hall–Kier alpha value is -3.13. The number of anilines is 2. The number of nitrogens with zero attached hydrogens (tertiary/aromatic N) is 3. The molecule has 1 amide bonds. The van der Waals surface area contributed by atoms with Gasteiger partial charge in [0.1, 0.15) is 5.82 Å². The van der Waals surface area contributed by atoms with E-state index in [0.717, 1.165) is 0 Å². The number of halogens is 1. The summed E-state index contributed by atoms with van der Waals surface area (Å²) in [4.78, 5) is 16.8. The Morgan fingerprint density at radius 1 is 1.16 bits per heavy atom. The molecule has 0 aliphatic heterocycles. The Labute approximate surface area is 150 Å². The van der Waals surface area contributed by atoms with E-state index in [9.17, 15) is 4.79 Å². The number of carbonyl (C=O) groups is 1. The average molecular weight is 398 g/mol.